The molecule has 5 unspecified atom stereocenters. The van der Waals surface area contributed by atoms with E-state index in [0.29, 0.717) is 12.5 Å². The predicted molar refractivity (Wildman–Crippen MR) is 82.1 cm³/mol. The first-order valence-corrected chi connectivity index (χ1v) is 8.85. The fourth-order valence-corrected chi connectivity index (χ4v) is 3.93. The Morgan fingerprint density at radius 2 is 1.91 bits per heavy atom. The summed E-state index contributed by atoms with van der Waals surface area (Å²) in [4.78, 5) is 14.2. The zero-order valence-corrected chi connectivity index (χ0v) is 13.8. The van der Waals surface area contributed by atoms with Gasteiger partial charge in [-0.15, -0.1) is 0 Å². The molecular weight excluding hydrogens is 282 g/mol. The van der Waals surface area contributed by atoms with Gasteiger partial charge in [0.1, 0.15) is 6.23 Å². The molecule has 0 spiro atoms. The summed E-state index contributed by atoms with van der Waals surface area (Å²) in [6, 6.07) is 0.235. The second-order valence-electron chi connectivity index (χ2n) is 6.95. The van der Waals surface area contributed by atoms with Crippen LogP contribution in [0.2, 0.25) is 0 Å². The molecule has 3 aliphatic heterocycles. The van der Waals surface area contributed by atoms with E-state index in [4.69, 9.17) is 14.2 Å². The average molecular weight is 311 g/mol. The lowest BCUT2D eigenvalue weighted by molar-refractivity contribution is -0.203. The van der Waals surface area contributed by atoms with E-state index in [-0.39, 0.29) is 30.4 Å². The molecule has 0 N–H and O–H groups in total. The van der Waals surface area contributed by atoms with Crippen molar-refractivity contribution < 1.29 is 19.0 Å². The lowest BCUT2D eigenvalue weighted by atomic mass is 9.80. The summed E-state index contributed by atoms with van der Waals surface area (Å²) in [5.41, 5.74) is 0. The van der Waals surface area contributed by atoms with Gasteiger partial charge >= 0.3 is 0 Å². The molecular formula is C17H29NO4. The predicted octanol–water partition coefficient (Wildman–Crippen LogP) is 2.54. The molecule has 0 bridgehead atoms. The normalized spacial score (nSPS) is 37.7. The van der Waals surface area contributed by atoms with Crippen LogP contribution >= 0.6 is 0 Å². The number of likely N-dealkylation sites (tertiary alicyclic amines) is 1. The van der Waals surface area contributed by atoms with Gasteiger partial charge in [-0.2, -0.15) is 0 Å². The van der Waals surface area contributed by atoms with E-state index in [9.17, 15) is 4.79 Å². The van der Waals surface area contributed by atoms with Crippen molar-refractivity contribution >= 4 is 5.91 Å². The Kier molecular flexibility index (Phi) is 5.37. The minimum atomic E-state index is -0.0540. The number of hydrogen-bond acceptors (Lipinski definition) is 4. The van der Waals surface area contributed by atoms with E-state index in [1.165, 1.54) is 6.42 Å². The van der Waals surface area contributed by atoms with Crippen LogP contribution in [0.3, 0.4) is 0 Å². The first kappa shape index (κ1) is 16.2. The fourth-order valence-electron chi connectivity index (χ4n) is 3.93. The molecule has 0 aromatic carbocycles. The summed E-state index contributed by atoms with van der Waals surface area (Å²) in [6.45, 7) is 6.43. The molecule has 3 aliphatic rings. The smallest absolute Gasteiger partial charge is 0.229 e. The van der Waals surface area contributed by atoms with E-state index in [0.717, 1.165) is 45.3 Å². The number of β-lactam (4-membered cyclic amide) rings is 1. The summed E-state index contributed by atoms with van der Waals surface area (Å²) in [6.07, 6.45) is 6.45. The summed E-state index contributed by atoms with van der Waals surface area (Å²) in [7, 11) is 0. The highest BCUT2D eigenvalue weighted by Gasteiger charge is 2.50. The number of amides is 1. The van der Waals surface area contributed by atoms with Gasteiger partial charge in [-0.25, -0.2) is 0 Å². The summed E-state index contributed by atoms with van der Waals surface area (Å²) < 4.78 is 17.4. The van der Waals surface area contributed by atoms with Gasteiger partial charge in [0.15, 0.2) is 6.29 Å². The van der Waals surface area contributed by atoms with Crippen LogP contribution < -0.4 is 0 Å². The minimum absolute atomic E-state index is 0.0177. The second-order valence-corrected chi connectivity index (χ2v) is 6.95. The van der Waals surface area contributed by atoms with E-state index in [1.54, 1.807) is 0 Å². The van der Waals surface area contributed by atoms with E-state index >= 15 is 0 Å². The van der Waals surface area contributed by atoms with Crippen molar-refractivity contribution in [3.63, 3.8) is 0 Å². The Balaban J connectivity index is 1.52. The standard InChI is InChI=1S/C17H29NO4/c1-12(11-22-15-8-4-6-10-21-15)16-13(2)17(19)18(16)14-7-3-5-9-20-14/h12-16H,3-11H2,1-2H3. The fraction of sp³-hybridized carbons (Fsp3) is 0.941. The van der Waals surface area contributed by atoms with Crippen molar-refractivity contribution in [1.82, 2.24) is 4.90 Å². The Hall–Kier alpha value is -0.650. The first-order chi connectivity index (χ1) is 10.7. The molecule has 0 aromatic rings. The van der Waals surface area contributed by atoms with Crippen LogP contribution in [0.5, 0.6) is 0 Å². The molecule has 3 fully saturated rings. The third-order valence-electron chi connectivity index (χ3n) is 5.21. The molecule has 3 saturated heterocycles. The largest absolute Gasteiger partial charge is 0.358 e. The Bertz CT molecular complexity index is 377. The van der Waals surface area contributed by atoms with E-state index in [2.05, 4.69) is 6.92 Å². The maximum atomic E-state index is 12.3. The van der Waals surface area contributed by atoms with E-state index < -0.39 is 0 Å². The topological polar surface area (TPSA) is 48.0 Å². The van der Waals surface area contributed by atoms with Gasteiger partial charge in [0.2, 0.25) is 5.91 Å². The van der Waals surface area contributed by atoms with Crippen LogP contribution in [0, 0.1) is 11.8 Å². The van der Waals surface area contributed by atoms with Gasteiger partial charge < -0.3 is 19.1 Å². The number of carbonyl (C=O) groups excluding carboxylic acids is 1. The minimum Gasteiger partial charge on any atom is -0.358 e. The molecule has 5 nitrogen and oxygen atoms in total. The molecule has 0 aliphatic carbocycles. The van der Waals surface area contributed by atoms with Crippen LogP contribution in [-0.4, -0.2) is 49.2 Å². The maximum Gasteiger partial charge on any atom is 0.229 e. The first-order valence-electron chi connectivity index (χ1n) is 8.85. The van der Waals surface area contributed by atoms with Crippen molar-refractivity contribution in [2.24, 2.45) is 11.8 Å². The molecule has 3 heterocycles. The second kappa shape index (κ2) is 7.28. The van der Waals surface area contributed by atoms with Gasteiger partial charge in [-0.3, -0.25) is 4.79 Å². The van der Waals surface area contributed by atoms with E-state index in [1.807, 2.05) is 11.8 Å². The summed E-state index contributed by atoms with van der Waals surface area (Å²) in [5.74, 6) is 0.623. The molecule has 0 radical (unpaired) electrons. The number of hydrogen-bond donors (Lipinski definition) is 0. The Morgan fingerprint density at radius 3 is 2.55 bits per heavy atom. The van der Waals surface area contributed by atoms with Crippen molar-refractivity contribution in [2.75, 3.05) is 19.8 Å². The van der Waals surface area contributed by atoms with Gasteiger partial charge in [0, 0.05) is 19.1 Å². The third kappa shape index (κ3) is 3.31. The number of rotatable bonds is 5. The summed E-state index contributed by atoms with van der Waals surface area (Å²) >= 11 is 0. The van der Waals surface area contributed by atoms with Crippen LogP contribution in [0.25, 0.3) is 0 Å². The number of ether oxygens (including phenoxy) is 3. The van der Waals surface area contributed by atoms with Gasteiger partial charge in [-0.1, -0.05) is 13.8 Å². The zero-order valence-electron chi connectivity index (χ0n) is 13.8. The van der Waals surface area contributed by atoms with Gasteiger partial charge in [0.05, 0.1) is 18.6 Å². The lowest BCUT2D eigenvalue weighted by Gasteiger charge is -2.52. The molecule has 1 amide bonds. The van der Waals surface area contributed by atoms with Crippen molar-refractivity contribution in [3.05, 3.63) is 0 Å². The zero-order chi connectivity index (χ0) is 15.5. The van der Waals surface area contributed by atoms with Crippen molar-refractivity contribution in [3.8, 4) is 0 Å². The molecule has 0 aromatic heterocycles. The number of nitrogens with zero attached hydrogens (tertiary/aromatic N) is 1. The molecule has 22 heavy (non-hydrogen) atoms. The van der Waals surface area contributed by atoms with Gasteiger partial charge in [-0.05, 0) is 38.5 Å². The molecule has 126 valence electrons. The maximum absolute atomic E-state index is 12.3. The quantitative estimate of drug-likeness (QED) is 0.732. The monoisotopic (exact) mass is 311 g/mol. The lowest BCUT2D eigenvalue weighted by Crippen LogP contribution is -2.67. The molecule has 0 saturated carbocycles. The summed E-state index contributed by atoms with van der Waals surface area (Å²) in [5, 5.41) is 0. The highest BCUT2D eigenvalue weighted by atomic mass is 16.7. The highest BCUT2D eigenvalue weighted by Crippen LogP contribution is 2.36. The molecule has 5 heteroatoms. The number of carbonyl (C=O) groups is 1. The molecule has 5 atom stereocenters. The average Bonchev–Trinajstić information content (AvgIpc) is 2.58. The van der Waals surface area contributed by atoms with Crippen LogP contribution in [-0.2, 0) is 19.0 Å². The Labute approximate surface area is 133 Å². The molecule has 3 rings (SSSR count). The third-order valence-corrected chi connectivity index (χ3v) is 5.21. The Morgan fingerprint density at radius 1 is 1.18 bits per heavy atom. The van der Waals surface area contributed by atoms with Crippen LogP contribution in [0.4, 0.5) is 0 Å². The van der Waals surface area contributed by atoms with Gasteiger partial charge in [0.25, 0.3) is 0 Å². The SMILES string of the molecule is CC(COC1CCCCO1)C1C(C)C(=O)N1C1CCCCO1. The van der Waals surface area contributed by atoms with Crippen molar-refractivity contribution in [2.45, 2.75) is 70.9 Å². The van der Waals surface area contributed by atoms with Crippen molar-refractivity contribution in [1.29, 1.82) is 0 Å². The van der Waals surface area contributed by atoms with Crippen LogP contribution in [0.1, 0.15) is 52.4 Å². The highest BCUT2D eigenvalue weighted by molar-refractivity contribution is 5.86. The van der Waals surface area contributed by atoms with Crippen LogP contribution in [0.15, 0.2) is 0 Å².